The minimum Gasteiger partial charge on any atom is -0.371 e. The Kier molecular flexibility index (Phi) is 5.20. The van der Waals surface area contributed by atoms with Gasteiger partial charge in [0.1, 0.15) is 11.9 Å². The van der Waals surface area contributed by atoms with E-state index >= 15 is 0 Å². The molecule has 0 bridgehead atoms. The summed E-state index contributed by atoms with van der Waals surface area (Å²) in [4.78, 5) is 11.7. The Hall–Kier alpha value is -1.72. The smallest absolute Gasteiger partial charge is 0.242 e. The topological polar surface area (TPSA) is 41.1 Å². The van der Waals surface area contributed by atoms with E-state index in [1.165, 1.54) is 6.92 Å². The van der Waals surface area contributed by atoms with Crippen LogP contribution >= 0.6 is 0 Å². The second-order valence-electron chi connectivity index (χ2n) is 4.75. The van der Waals surface area contributed by atoms with Gasteiger partial charge in [-0.1, -0.05) is 13.8 Å². The summed E-state index contributed by atoms with van der Waals surface area (Å²) in [5.74, 6) is -3.42. The molecule has 1 unspecified atom stereocenters. The van der Waals surface area contributed by atoms with Crippen molar-refractivity contribution < 1.29 is 18.0 Å². The fraction of sp³-hybridized carbons (Fsp3) is 0.462. The number of hydrogen-bond acceptors (Lipinski definition) is 2. The number of carbonyl (C=O) groups excluding carboxylic acids is 1. The Balaban J connectivity index is 2.69. The average molecular weight is 274 g/mol. The van der Waals surface area contributed by atoms with Gasteiger partial charge in [0.05, 0.1) is 5.69 Å². The van der Waals surface area contributed by atoms with Gasteiger partial charge in [-0.3, -0.25) is 4.79 Å². The minimum absolute atomic E-state index is 0.244. The highest BCUT2D eigenvalue weighted by Gasteiger charge is 2.16. The molecule has 0 aliphatic rings. The number of rotatable bonds is 5. The van der Waals surface area contributed by atoms with E-state index in [1.54, 1.807) is 0 Å². The van der Waals surface area contributed by atoms with E-state index in [1.807, 2.05) is 13.8 Å². The predicted octanol–water partition coefficient (Wildman–Crippen LogP) is 2.68. The molecule has 0 aliphatic heterocycles. The summed E-state index contributed by atoms with van der Waals surface area (Å²) in [5, 5.41) is 5.16. The van der Waals surface area contributed by atoms with Crippen LogP contribution in [0.4, 0.5) is 18.9 Å². The number of halogens is 3. The highest BCUT2D eigenvalue weighted by molar-refractivity contribution is 5.84. The number of anilines is 1. The van der Waals surface area contributed by atoms with Crippen LogP contribution in [0.5, 0.6) is 0 Å². The Morgan fingerprint density at radius 3 is 2.26 bits per heavy atom. The number of hydrogen-bond donors (Lipinski definition) is 2. The van der Waals surface area contributed by atoms with Gasteiger partial charge < -0.3 is 10.6 Å². The monoisotopic (exact) mass is 274 g/mol. The van der Waals surface area contributed by atoms with E-state index < -0.39 is 23.5 Å². The first-order valence-corrected chi connectivity index (χ1v) is 6.00. The summed E-state index contributed by atoms with van der Waals surface area (Å²) in [6, 6.07) is 0.380. The third kappa shape index (κ3) is 4.46. The van der Waals surface area contributed by atoms with E-state index in [4.69, 9.17) is 0 Å². The zero-order valence-corrected chi connectivity index (χ0v) is 11.1. The van der Waals surface area contributed by atoms with Crippen molar-refractivity contribution in [2.45, 2.75) is 26.8 Å². The van der Waals surface area contributed by atoms with Gasteiger partial charge in [-0.05, 0) is 12.8 Å². The molecule has 0 spiro atoms. The molecule has 1 aromatic rings. The maximum atomic E-state index is 13.4. The molecule has 6 heteroatoms. The molecule has 0 saturated carbocycles. The van der Waals surface area contributed by atoms with Crippen LogP contribution < -0.4 is 10.6 Å². The lowest BCUT2D eigenvalue weighted by molar-refractivity contribution is -0.121. The average Bonchev–Trinajstić information content (AvgIpc) is 2.32. The van der Waals surface area contributed by atoms with Crippen molar-refractivity contribution >= 4 is 11.6 Å². The van der Waals surface area contributed by atoms with Crippen LogP contribution in [0.3, 0.4) is 0 Å². The van der Waals surface area contributed by atoms with Crippen molar-refractivity contribution in [2.75, 3.05) is 11.9 Å². The normalized spacial score (nSPS) is 12.4. The SMILES string of the molecule is CC(C)CNC(=O)C(C)Nc1cc(F)c(F)cc1F. The molecule has 0 aromatic heterocycles. The van der Waals surface area contributed by atoms with Gasteiger partial charge in [-0.2, -0.15) is 0 Å². The molecular formula is C13H17F3N2O. The predicted molar refractivity (Wildman–Crippen MR) is 67.2 cm³/mol. The maximum absolute atomic E-state index is 13.4. The number of nitrogens with one attached hydrogen (secondary N) is 2. The van der Waals surface area contributed by atoms with Gasteiger partial charge in [-0.25, -0.2) is 13.2 Å². The molecule has 1 rings (SSSR count). The number of carbonyl (C=O) groups is 1. The summed E-state index contributed by atoms with van der Waals surface area (Å²) in [6.45, 7) is 5.88. The first-order chi connectivity index (χ1) is 8.81. The fourth-order valence-corrected chi connectivity index (χ4v) is 1.39. The quantitative estimate of drug-likeness (QED) is 0.810. The molecule has 106 valence electrons. The summed E-state index contributed by atoms with van der Waals surface area (Å²) < 4.78 is 39.1. The second-order valence-corrected chi connectivity index (χ2v) is 4.75. The van der Waals surface area contributed by atoms with Crippen LogP contribution in [0.2, 0.25) is 0 Å². The lowest BCUT2D eigenvalue weighted by Gasteiger charge is -2.16. The van der Waals surface area contributed by atoms with Crippen LogP contribution in [-0.2, 0) is 4.79 Å². The molecular weight excluding hydrogens is 257 g/mol. The third-order valence-electron chi connectivity index (χ3n) is 2.46. The first-order valence-electron chi connectivity index (χ1n) is 6.00. The molecule has 0 heterocycles. The molecule has 19 heavy (non-hydrogen) atoms. The van der Waals surface area contributed by atoms with Crippen molar-refractivity contribution in [1.29, 1.82) is 0 Å². The van der Waals surface area contributed by atoms with E-state index in [0.29, 0.717) is 18.7 Å². The molecule has 1 amide bonds. The van der Waals surface area contributed by atoms with Crippen LogP contribution in [-0.4, -0.2) is 18.5 Å². The van der Waals surface area contributed by atoms with Crippen LogP contribution in [0.15, 0.2) is 12.1 Å². The largest absolute Gasteiger partial charge is 0.371 e. The van der Waals surface area contributed by atoms with Crippen molar-refractivity contribution in [2.24, 2.45) is 5.92 Å². The molecule has 0 saturated heterocycles. The van der Waals surface area contributed by atoms with Gasteiger partial charge in [0.25, 0.3) is 0 Å². The van der Waals surface area contributed by atoms with E-state index in [0.717, 1.165) is 0 Å². The fourth-order valence-electron chi connectivity index (χ4n) is 1.39. The Morgan fingerprint density at radius 1 is 1.11 bits per heavy atom. The van der Waals surface area contributed by atoms with Crippen LogP contribution in [0.1, 0.15) is 20.8 Å². The Morgan fingerprint density at radius 2 is 1.68 bits per heavy atom. The summed E-state index contributed by atoms with van der Waals surface area (Å²) in [7, 11) is 0. The third-order valence-corrected chi connectivity index (χ3v) is 2.46. The lowest BCUT2D eigenvalue weighted by atomic mass is 10.2. The van der Waals surface area contributed by atoms with Gasteiger partial charge in [0.15, 0.2) is 11.6 Å². The molecule has 0 aliphatic carbocycles. The molecule has 2 N–H and O–H groups in total. The molecule has 0 radical (unpaired) electrons. The summed E-state index contributed by atoms with van der Waals surface area (Å²) in [6.07, 6.45) is 0. The van der Waals surface area contributed by atoms with Crippen molar-refractivity contribution in [3.05, 3.63) is 29.6 Å². The van der Waals surface area contributed by atoms with Gasteiger partial charge in [0.2, 0.25) is 5.91 Å². The second kappa shape index (κ2) is 6.45. The first kappa shape index (κ1) is 15.3. The maximum Gasteiger partial charge on any atom is 0.242 e. The Labute approximate surface area is 110 Å². The lowest BCUT2D eigenvalue weighted by Crippen LogP contribution is -2.39. The van der Waals surface area contributed by atoms with E-state index in [9.17, 15) is 18.0 Å². The summed E-state index contributed by atoms with van der Waals surface area (Å²) in [5.41, 5.74) is -0.244. The molecule has 1 aromatic carbocycles. The zero-order chi connectivity index (χ0) is 14.6. The van der Waals surface area contributed by atoms with E-state index in [2.05, 4.69) is 10.6 Å². The van der Waals surface area contributed by atoms with Crippen molar-refractivity contribution in [3.63, 3.8) is 0 Å². The van der Waals surface area contributed by atoms with Crippen molar-refractivity contribution in [1.82, 2.24) is 5.32 Å². The summed E-state index contributed by atoms with van der Waals surface area (Å²) >= 11 is 0. The highest BCUT2D eigenvalue weighted by Crippen LogP contribution is 2.19. The van der Waals surface area contributed by atoms with Gasteiger partial charge >= 0.3 is 0 Å². The standard InChI is InChI=1S/C13H17F3N2O/c1-7(2)6-17-13(19)8(3)18-12-5-10(15)9(14)4-11(12)16/h4-5,7-8,18H,6H2,1-3H3,(H,17,19). The van der Waals surface area contributed by atoms with Gasteiger partial charge in [-0.15, -0.1) is 0 Å². The molecule has 3 nitrogen and oxygen atoms in total. The van der Waals surface area contributed by atoms with Crippen molar-refractivity contribution in [3.8, 4) is 0 Å². The number of amides is 1. The highest BCUT2D eigenvalue weighted by atomic mass is 19.2. The Bertz CT molecular complexity index is 463. The molecule has 0 fully saturated rings. The number of benzene rings is 1. The van der Waals surface area contributed by atoms with Crippen LogP contribution in [0, 0.1) is 23.4 Å². The minimum atomic E-state index is -1.26. The van der Waals surface area contributed by atoms with Crippen LogP contribution in [0.25, 0.3) is 0 Å². The molecule has 1 atom stereocenters. The van der Waals surface area contributed by atoms with E-state index in [-0.39, 0.29) is 17.5 Å². The zero-order valence-electron chi connectivity index (χ0n) is 11.1. The van der Waals surface area contributed by atoms with Gasteiger partial charge in [0, 0.05) is 18.7 Å².